The zero-order valence-corrected chi connectivity index (χ0v) is 30.3. The second kappa shape index (κ2) is 30.4. The predicted molar refractivity (Wildman–Crippen MR) is 197 cm³/mol. The van der Waals surface area contributed by atoms with Crippen molar-refractivity contribution < 1.29 is 15.3 Å². The molecule has 1 aromatic rings. The molecule has 3 N–H and O–H groups in total. The number of hydrogen-bond donors (Lipinski definition) is 3. The minimum absolute atomic E-state index is 0.381. The van der Waals surface area contributed by atoms with Gasteiger partial charge < -0.3 is 15.3 Å². The van der Waals surface area contributed by atoms with Crippen LogP contribution < -0.4 is 0 Å². The Bertz CT molecular complexity index is 722. The van der Waals surface area contributed by atoms with Gasteiger partial charge in [0.1, 0.15) is 5.60 Å². The zero-order chi connectivity index (χ0) is 32.7. The van der Waals surface area contributed by atoms with Crippen molar-refractivity contribution in [1.82, 2.24) is 0 Å². The van der Waals surface area contributed by atoms with E-state index in [1.54, 1.807) is 0 Å². The van der Waals surface area contributed by atoms with Crippen molar-refractivity contribution in [3.05, 3.63) is 35.9 Å². The molecule has 0 aromatic heterocycles. The van der Waals surface area contributed by atoms with E-state index in [-0.39, 0.29) is 0 Å². The molecule has 0 aliphatic rings. The molecule has 0 fully saturated rings. The summed E-state index contributed by atoms with van der Waals surface area (Å²) in [5.41, 5.74) is -0.433. The molecule has 0 saturated heterocycles. The molecule has 1 aromatic carbocycles. The minimum Gasteiger partial charge on any atom is -0.390 e. The van der Waals surface area contributed by atoms with Crippen molar-refractivity contribution in [2.45, 2.75) is 231 Å². The third kappa shape index (κ3) is 23.1. The van der Waals surface area contributed by atoms with E-state index >= 15 is 0 Å². The molecule has 45 heavy (non-hydrogen) atoms. The van der Waals surface area contributed by atoms with E-state index in [0.29, 0.717) is 19.3 Å². The number of aliphatic hydroxyl groups is 3. The second-order valence-corrected chi connectivity index (χ2v) is 14.4. The third-order valence-corrected chi connectivity index (χ3v) is 10.2. The van der Waals surface area contributed by atoms with Gasteiger partial charge in [0.25, 0.3) is 0 Å². The molecule has 3 heteroatoms. The van der Waals surface area contributed by atoms with Gasteiger partial charge in [-0.1, -0.05) is 224 Å². The first-order valence-electron chi connectivity index (χ1n) is 20.2. The summed E-state index contributed by atoms with van der Waals surface area (Å²) < 4.78 is 0. The lowest BCUT2D eigenvalue weighted by molar-refractivity contribution is -0.153. The summed E-state index contributed by atoms with van der Waals surface area (Å²) in [4.78, 5) is 0. The maximum Gasteiger partial charge on any atom is 0.117 e. The van der Waals surface area contributed by atoms with Crippen LogP contribution in [0.15, 0.2) is 30.3 Å². The molecular formula is C42H78O3. The van der Waals surface area contributed by atoms with Gasteiger partial charge in [-0.2, -0.15) is 0 Å². The summed E-state index contributed by atoms with van der Waals surface area (Å²) in [7, 11) is 0. The topological polar surface area (TPSA) is 60.7 Å². The molecule has 3 atom stereocenters. The molecule has 0 aliphatic heterocycles. The lowest BCUT2D eigenvalue weighted by Gasteiger charge is -2.38. The molecule has 0 saturated carbocycles. The third-order valence-electron chi connectivity index (χ3n) is 10.2. The van der Waals surface area contributed by atoms with Crippen LogP contribution in [0.25, 0.3) is 0 Å². The van der Waals surface area contributed by atoms with Gasteiger partial charge in [0.05, 0.1) is 12.2 Å². The van der Waals surface area contributed by atoms with Gasteiger partial charge in [0.2, 0.25) is 0 Å². The van der Waals surface area contributed by atoms with Crippen molar-refractivity contribution in [1.29, 1.82) is 0 Å². The molecule has 0 bridgehead atoms. The number of hydrogen-bond acceptors (Lipinski definition) is 3. The Hall–Kier alpha value is -0.900. The summed E-state index contributed by atoms with van der Waals surface area (Å²) in [6, 6.07) is 9.91. The van der Waals surface area contributed by atoms with Crippen LogP contribution in [0, 0.1) is 0 Å². The highest BCUT2D eigenvalue weighted by molar-refractivity contribution is 5.16. The molecule has 3 nitrogen and oxygen atoms in total. The van der Waals surface area contributed by atoms with Crippen LogP contribution in [0.3, 0.4) is 0 Å². The SMILES string of the molecule is CCCCCCCCCCCCCCCCC(O)C(O)(CCCCCCCCCCCCCCCC)C(O)Cc1ccccc1. The van der Waals surface area contributed by atoms with E-state index < -0.39 is 17.8 Å². The quantitative estimate of drug-likeness (QED) is 0.0664. The summed E-state index contributed by atoms with van der Waals surface area (Å²) >= 11 is 0. The highest BCUT2D eigenvalue weighted by Crippen LogP contribution is 2.29. The maximum atomic E-state index is 11.7. The smallest absolute Gasteiger partial charge is 0.117 e. The number of unbranched alkanes of at least 4 members (excludes halogenated alkanes) is 26. The van der Waals surface area contributed by atoms with Gasteiger partial charge in [-0.25, -0.2) is 0 Å². The fourth-order valence-corrected chi connectivity index (χ4v) is 6.95. The molecule has 0 amide bonds. The largest absolute Gasteiger partial charge is 0.390 e. The number of rotatable bonds is 34. The molecule has 0 spiro atoms. The van der Waals surface area contributed by atoms with Crippen molar-refractivity contribution in [3.63, 3.8) is 0 Å². The molecule has 0 heterocycles. The molecule has 0 aliphatic carbocycles. The molecule has 264 valence electrons. The Labute approximate surface area is 281 Å². The highest BCUT2D eigenvalue weighted by Gasteiger charge is 2.41. The van der Waals surface area contributed by atoms with Gasteiger partial charge in [0, 0.05) is 6.42 Å². The fraction of sp³-hybridized carbons (Fsp3) is 0.857. The van der Waals surface area contributed by atoms with E-state index in [0.717, 1.165) is 31.2 Å². The van der Waals surface area contributed by atoms with E-state index in [1.807, 2.05) is 30.3 Å². The van der Waals surface area contributed by atoms with Crippen molar-refractivity contribution in [2.75, 3.05) is 0 Å². The lowest BCUT2D eigenvalue weighted by atomic mass is 9.80. The average Bonchev–Trinajstić information content (AvgIpc) is 3.05. The number of aliphatic hydroxyl groups excluding tert-OH is 2. The summed E-state index contributed by atoms with van der Waals surface area (Å²) in [5.74, 6) is 0. The van der Waals surface area contributed by atoms with Crippen LogP contribution in [0.4, 0.5) is 0 Å². The van der Waals surface area contributed by atoms with Crippen LogP contribution in [-0.4, -0.2) is 33.1 Å². The highest BCUT2D eigenvalue weighted by atomic mass is 16.4. The summed E-state index contributed by atoms with van der Waals surface area (Å²) in [6.45, 7) is 4.56. The van der Waals surface area contributed by atoms with Gasteiger partial charge in [-0.15, -0.1) is 0 Å². The standard InChI is InChI=1S/C42H78O3/c1-3-5-7-9-11-13-15-17-19-21-23-25-27-32-36-40(43)42(45,41(44)38-39-34-30-29-31-35-39)37-33-28-26-24-22-20-18-16-14-12-10-8-6-4-2/h29-31,34-35,40-41,43-45H,3-28,32-33,36-38H2,1-2H3. The van der Waals surface area contributed by atoms with Crippen LogP contribution in [-0.2, 0) is 6.42 Å². The molecular weight excluding hydrogens is 552 g/mol. The van der Waals surface area contributed by atoms with Gasteiger partial charge >= 0.3 is 0 Å². The van der Waals surface area contributed by atoms with Crippen molar-refractivity contribution in [2.24, 2.45) is 0 Å². The normalized spacial score (nSPS) is 14.4. The molecule has 3 unspecified atom stereocenters. The van der Waals surface area contributed by atoms with Crippen molar-refractivity contribution in [3.8, 4) is 0 Å². The Morgan fingerprint density at radius 2 is 0.778 bits per heavy atom. The maximum absolute atomic E-state index is 11.7. The monoisotopic (exact) mass is 631 g/mol. The van der Waals surface area contributed by atoms with Gasteiger partial charge in [-0.05, 0) is 18.4 Å². The first-order valence-corrected chi connectivity index (χ1v) is 20.2. The second-order valence-electron chi connectivity index (χ2n) is 14.4. The van der Waals surface area contributed by atoms with Gasteiger partial charge in [0.15, 0.2) is 0 Å². The summed E-state index contributed by atoms with van der Waals surface area (Å²) in [6.07, 6.45) is 35.9. The Morgan fingerprint density at radius 3 is 1.16 bits per heavy atom. The Balaban J connectivity index is 2.26. The first-order chi connectivity index (χ1) is 22.0. The molecule has 0 radical (unpaired) electrons. The van der Waals surface area contributed by atoms with Crippen molar-refractivity contribution >= 4 is 0 Å². The van der Waals surface area contributed by atoms with Crippen LogP contribution in [0.5, 0.6) is 0 Å². The number of benzene rings is 1. The van der Waals surface area contributed by atoms with E-state index in [4.69, 9.17) is 0 Å². The van der Waals surface area contributed by atoms with Crippen LogP contribution >= 0.6 is 0 Å². The fourth-order valence-electron chi connectivity index (χ4n) is 6.95. The van der Waals surface area contributed by atoms with E-state index in [1.165, 1.54) is 154 Å². The van der Waals surface area contributed by atoms with Crippen LogP contribution in [0.2, 0.25) is 0 Å². The Kier molecular flexibility index (Phi) is 28.5. The Morgan fingerprint density at radius 1 is 0.444 bits per heavy atom. The predicted octanol–water partition coefficient (Wildman–Crippen LogP) is 12.4. The van der Waals surface area contributed by atoms with Crippen LogP contribution in [0.1, 0.15) is 212 Å². The minimum atomic E-state index is -1.44. The average molecular weight is 631 g/mol. The lowest BCUT2D eigenvalue weighted by Crippen LogP contribution is -2.53. The summed E-state index contributed by atoms with van der Waals surface area (Å²) in [5, 5.41) is 34.1. The van der Waals surface area contributed by atoms with E-state index in [9.17, 15) is 15.3 Å². The zero-order valence-electron chi connectivity index (χ0n) is 30.3. The van der Waals surface area contributed by atoms with E-state index in [2.05, 4.69) is 13.8 Å². The van der Waals surface area contributed by atoms with Gasteiger partial charge in [-0.3, -0.25) is 0 Å². The first kappa shape index (κ1) is 42.1. The molecule has 1 rings (SSSR count).